The Morgan fingerprint density at radius 2 is 2.00 bits per heavy atom. The second-order valence-corrected chi connectivity index (χ2v) is 6.96. The van der Waals surface area contributed by atoms with E-state index in [1.165, 1.54) is 12.8 Å². The number of rotatable bonds is 3. The highest BCUT2D eigenvalue weighted by Gasteiger charge is 2.40. The fourth-order valence-electron chi connectivity index (χ4n) is 2.72. The van der Waals surface area contributed by atoms with Crippen LogP contribution in [0.2, 0.25) is 0 Å². The third kappa shape index (κ3) is 2.87. The molecule has 3 rings (SSSR count). The maximum Gasteiger partial charge on any atom is 0.138 e. The lowest BCUT2D eigenvalue weighted by Gasteiger charge is -2.22. The summed E-state index contributed by atoms with van der Waals surface area (Å²) in [4.78, 5) is 8.97. The maximum atomic E-state index is 5.91. The number of hydrogen-bond donors (Lipinski definition) is 2. The van der Waals surface area contributed by atoms with Crippen LogP contribution in [0.25, 0.3) is 0 Å². The van der Waals surface area contributed by atoms with Gasteiger partial charge in [0, 0.05) is 18.1 Å². The van der Waals surface area contributed by atoms with Crippen molar-refractivity contribution in [1.29, 1.82) is 0 Å². The molecule has 1 aliphatic heterocycles. The molecule has 2 fully saturated rings. The van der Waals surface area contributed by atoms with E-state index in [4.69, 9.17) is 10.5 Å². The van der Waals surface area contributed by atoms with Gasteiger partial charge in [-0.3, -0.25) is 0 Å². The Bertz CT molecular complexity index is 493. The van der Waals surface area contributed by atoms with Crippen molar-refractivity contribution in [2.45, 2.75) is 57.6 Å². The third-order valence-corrected chi connectivity index (χ3v) is 3.97. The van der Waals surface area contributed by atoms with Gasteiger partial charge in [-0.1, -0.05) is 20.8 Å². The van der Waals surface area contributed by atoms with Crippen molar-refractivity contribution < 1.29 is 4.74 Å². The van der Waals surface area contributed by atoms with Gasteiger partial charge in [-0.05, 0) is 25.2 Å². The molecule has 3 N–H and O–H groups in total. The first-order valence-electron chi connectivity index (χ1n) is 7.46. The van der Waals surface area contributed by atoms with E-state index in [1.54, 1.807) is 0 Å². The van der Waals surface area contributed by atoms with Gasteiger partial charge in [0.15, 0.2) is 0 Å². The third-order valence-electron chi connectivity index (χ3n) is 3.97. The fourth-order valence-corrected chi connectivity index (χ4v) is 2.72. The monoisotopic (exact) mass is 276 g/mol. The second kappa shape index (κ2) is 4.88. The lowest BCUT2D eigenvalue weighted by Crippen LogP contribution is -2.31. The molecule has 0 radical (unpaired) electrons. The Labute approximate surface area is 120 Å². The Kier molecular flexibility index (Phi) is 3.32. The highest BCUT2D eigenvalue weighted by Crippen LogP contribution is 2.39. The number of ether oxygens (including phenoxy) is 1. The first kappa shape index (κ1) is 13.6. The van der Waals surface area contributed by atoms with Crippen molar-refractivity contribution in [2.24, 2.45) is 5.92 Å². The second-order valence-electron chi connectivity index (χ2n) is 6.96. The van der Waals surface area contributed by atoms with Gasteiger partial charge in [0.1, 0.15) is 17.5 Å². The summed E-state index contributed by atoms with van der Waals surface area (Å²) in [6.07, 6.45) is 3.96. The molecule has 1 aromatic heterocycles. The molecule has 0 spiro atoms. The van der Waals surface area contributed by atoms with Crippen LogP contribution >= 0.6 is 0 Å². The zero-order chi connectivity index (χ0) is 14.3. The van der Waals surface area contributed by atoms with E-state index < -0.39 is 0 Å². The smallest absolute Gasteiger partial charge is 0.138 e. The summed E-state index contributed by atoms with van der Waals surface area (Å²) >= 11 is 0. The average Bonchev–Trinajstić information content (AvgIpc) is 3.09. The van der Waals surface area contributed by atoms with Gasteiger partial charge in [0.25, 0.3) is 0 Å². The van der Waals surface area contributed by atoms with E-state index in [0.717, 1.165) is 30.6 Å². The number of hydrogen-bond acceptors (Lipinski definition) is 5. The van der Waals surface area contributed by atoms with Gasteiger partial charge in [-0.15, -0.1) is 0 Å². The van der Waals surface area contributed by atoms with E-state index in [-0.39, 0.29) is 5.41 Å². The summed E-state index contributed by atoms with van der Waals surface area (Å²) in [7, 11) is 0. The first-order chi connectivity index (χ1) is 9.43. The first-order valence-corrected chi connectivity index (χ1v) is 7.46. The predicted molar refractivity (Wildman–Crippen MR) is 79.6 cm³/mol. The molecule has 0 amide bonds. The molecule has 110 valence electrons. The summed E-state index contributed by atoms with van der Waals surface area (Å²) < 4.78 is 5.85. The molecular formula is C15H24N4O. The molecule has 2 aliphatic rings. The standard InChI is InChI=1S/C15H24N4O/c1-15(2,3)14-18-11(16)8-12(19-14)17-10-6-7-20-13(10)9-4-5-9/h8-10,13H,4-7H2,1-3H3,(H3,16,17,18,19). The molecule has 0 bridgehead atoms. The lowest BCUT2D eigenvalue weighted by molar-refractivity contribution is 0.0898. The molecule has 20 heavy (non-hydrogen) atoms. The van der Waals surface area contributed by atoms with Crippen LogP contribution in [0.5, 0.6) is 0 Å². The van der Waals surface area contributed by atoms with Crippen LogP contribution in [-0.2, 0) is 10.2 Å². The van der Waals surface area contributed by atoms with Crippen LogP contribution in [0, 0.1) is 5.92 Å². The molecule has 2 atom stereocenters. The molecular weight excluding hydrogens is 252 g/mol. The van der Waals surface area contributed by atoms with E-state index in [1.807, 2.05) is 6.07 Å². The van der Waals surface area contributed by atoms with Crippen LogP contribution in [0.15, 0.2) is 6.07 Å². The highest BCUT2D eigenvalue weighted by molar-refractivity contribution is 5.46. The van der Waals surface area contributed by atoms with Gasteiger partial charge >= 0.3 is 0 Å². The van der Waals surface area contributed by atoms with Crippen molar-refractivity contribution in [3.05, 3.63) is 11.9 Å². The molecule has 1 aromatic rings. The minimum Gasteiger partial charge on any atom is -0.384 e. The van der Waals surface area contributed by atoms with Crippen LogP contribution < -0.4 is 11.1 Å². The van der Waals surface area contributed by atoms with Crippen molar-refractivity contribution in [3.63, 3.8) is 0 Å². The highest BCUT2D eigenvalue weighted by atomic mass is 16.5. The molecule has 1 saturated heterocycles. The Balaban J connectivity index is 1.78. The number of aromatic nitrogens is 2. The van der Waals surface area contributed by atoms with Gasteiger partial charge < -0.3 is 15.8 Å². The minimum absolute atomic E-state index is 0.103. The summed E-state index contributed by atoms with van der Waals surface area (Å²) in [5, 5.41) is 3.51. The van der Waals surface area contributed by atoms with Crippen LogP contribution in [0.4, 0.5) is 11.6 Å². The Morgan fingerprint density at radius 1 is 1.25 bits per heavy atom. The molecule has 5 heteroatoms. The van der Waals surface area contributed by atoms with E-state index >= 15 is 0 Å². The summed E-state index contributed by atoms with van der Waals surface area (Å²) in [6, 6.07) is 2.17. The van der Waals surface area contributed by atoms with E-state index in [2.05, 4.69) is 36.1 Å². The SMILES string of the molecule is CC(C)(C)c1nc(N)cc(NC2CCOC2C2CC2)n1. The van der Waals surface area contributed by atoms with Crippen molar-refractivity contribution in [2.75, 3.05) is 17.7 Å². The molecule has 0 aromatic carbocycles. The molecule has 5 nitrogen and oxygen atoms in total. The number of nitrogens with two attached hydrogens (primary N) is 1. The maximum absolute atomic E-state index is 5.91. The van der Waals surface area contributed by atoms with Gasteiger partial charge in [-0.2, -0.15) is 0 Å². The summed E-state index contributed by atoms with van der Waals surface area (Å²) in [5.74, 6) is 2.86. The fraction of sp³-hybridized carbons (Fsp3) is 0.733. The molecule has 1 saturated carbocycles. The Morgan fingerprint density at radius 3 is 2.65 bits per heavy atom. The van der Waals surface area contributed by atoms with Gasteiger partial charge in [-0.25, -0.2) is 9.97 Å². The molecule has 1 aliphatic carbocycles. The normalized spacial score (nSPS) is 26.8. The Hall–Kier alpha value is -1.36. The largest absolute Gasteiger partial charge is 0.384 e. The van der Waals surface area contributed by atoms with Crippen molar-refractivity contribution in [3.8, 4) is 0 Å². The predicted octanol–water partition coefficient (Wildman–Crippen LogP) is 2.34. The van der Waals surface area contributed by atoms with E-state index in [0.29, 0.717) is 18.0 Å². The lowest BCUT2D eigenvalue weighted by atomic mass is 9.96. The number of nitrogen functional groups attached to an aromatic ring is 1. The summed E-state index contributed by atoms with van der Waals surface area (Å²) in [6.45, 7) is 7.12. The quantitative estimate of drug-likeness (QED) is 0.886. The van der Waals surface area contributed by atoms with E-state index in [9.17, 15) is 0 Å². The molecule has 2 heterocycles. The average molecular weight is 276 g/mol. The van der Waals surface area contributed by atoms with Crippen LogP contribution in [0.3, 0.4) is 0 Å². The molecule has 2 unspecified atom stereocenters. The number of nitrogens with zero attached hydrogens (tertiary/aromatic N) is 2. The van der Waals surface area contributed by atoms with Crippen molar-refractivity contribution >= 4 is 11.6 Å². The number of nitrogens with one attached hydrogen (secondary N) is 1. The van der Waals surface area contributed by atoms with Gasteiger partial charge in [0.05, 0.1) is 12.1 Å². The van der Waals surface area contributed by atoms with Crippen LogP contribution in [0.1, 0.15) is 45.9 Å². The van der Waals surface area contributed by atoms with Crippen LogP contribution in [-0.4, -0.2) is 28.7 Å². The van der Waals surface area contributed by atoms with Gasteiger partial charge in [0.2, 0.25) is 0 Å². The number of anilines is 2. The topological polar surface area (TPSA) is 73.1 Å². The summed E-state index contributed by atoms with van der Waals surface area (Å²) in [5.41, 5.74) is 5.81. The minimum atomic E-state index is -0.103. The zero-order valence-corrected chi connectivity index (χ0v) is 12.5. The zero-order valence-electron chi connectivity index (χ0n) is 12.5. The van der Waals surface area contributed by atoms with Crippen molar-refractivity contribution in [1.82, 2.24) is 9.97 Å².